The lowest BCUT2D eigenvalue weighted by molar-refractivity contribution is 0.0781. The molecule has 0 radical (unpaired) electrons. The van der Waals surface area contributed by atoms with Crippen molar-refractivity contribution in [3.8, 4) is 0 Å². The van der Waals surface area contributed by atoms with Gasteiger partial charge in [-0.3, -0.25) is 4.79 Å². The first kappa shape index (κ1) is 15.5. The Morgan fingerprint density at radius 2 is 2.17 bits per heavy atom. The maximum Gasteiger partial charge on any atom is 0.253 e. The van der Waals surface area contributed by atoms with Crippen LogP contribution in [0.15, 0.2) is 22.7 Å². The van der Waals surface area contributed by atoms with Gasteiger partial charge in [0.15, 0.2) is 0 Å². The Labute approximate surface area is 121 Å². The van der Waals surface area contributed by atoms with E-state index in [1.165, 1.54) is 0 Å². The predicted molar refractivity (Wildman–Crippen MR) is 77.4 cm³/mol. The highest BCUT2D eigenvalue weighted by Gasteiger charge is 2.16. The molecular formula is C13H17BrClNO2. The molecule has 0 aromatic heterocycles. The standard InChI is InChI=1S/C13H17BrClNO2/c1-9-4-10(6-11(14)5-9)13(17)16(2)7-12(15)8-18-3/h4-6,12H,7-8H2,1-3H3. The summed E-state index contributed by atoms with van der Waals surface area (Å²) in [6, 6.07) is 5.64. The van der Waals surface area contributed by atoms with Gasteiger partial charge in [-0.15, -0.1) is 11.6 Å². The van der Waals surface area contributed by atoms with Crippen molar-refractivity contribution in [2.24, 2.45) is 0 Å². The van der Waals surface area contributed by atoms with Crippen LogP contribution in [0.25, 0.3) is 0 Å². The molecule has 18 heavy (non-hydrogen) atoms. The van der Waals surface area contributed by atoms with E-state index in [2.05, 4.69) is 15.9 Å². The summed E-state index contributed by atoms with van der Waals surface area (Å²) in [7, 11) is 3.33. The molecular weight excluding hydrogens is 318 g/mol. The lowest BCUT2D eigenvalue weighted by atomic mass is 10.1. The van der Waals surface area contributed by atoms with Crippen LogP contribution in [0.5, 0.6) is 0 Å². The molecule has 100 valence electrons. The molecule has 0 aliphatic carbocycles. The minimum atomic E-state index is -0.197. The van der Waals surface area contributed by atoms with Gasteiger partial charge in [-0.2, -0.15) is 0 Å². The second kappa shape index (κ2) is 7.12. The van der Waals surface area contributed by atoms with Crippen LogP contribution in [0.1, 0.15) is 15.9 Å². The Kier molecular flexibility index (Phi) is 6.12. The van der Waals surface area contributed by atoms with Crippen molar-refractivity contribution in [2.45, 2.75) is 12.3 Å². The summed E-state index contributed by atoms with van der Waals surface area (Å²) in [6.45, 7) is 2.84. The fourth-order valence-corrected chi connectivity index (χ4v) is 2.63. The first-order valence-electron chi connectivity index (χ1n) is 5.59. The quantitative estimate of drug-likeness (QED) is 0.775. The van der Waals surface area contributed by atoms with Crippen molar-refractivity contribution in [3.63, 3.8) is 0 Å². The van der Waals surface area contributed by atoms with Crippen LogP contribution in [0, 0.1) is 6.92 Å². The van der Waals surface area contributed by atoms with Gasteiger partial charge < -0.3 is 9.64 Å². The van der Waals surface area contributed by atoms with Crippen molar-refractivity contribution >= 4 is 33.4 Å². The zero-order valence-electron chi connectivity index (χ0n) is 10.7. The second-order valence-electron chi connectivity index (χ2n) is 4.26. The largest absolute Gasteiger partial charge is 0.383 e. The topological polar surface area (TPSA) is 29.5 Å². The minimum absolute atomic E-state index is 0.0406. The predicted octanol–water partition coefficient (Wildman–Crippen LogP) is 3.08. The molecule has 1 amide bonds. The maximum atomic E-state index is 12.2. The number of aryl methyl sites for hydroxylation is 1. The molecule has 0 saturated carbocycles. The molecule has 0 saturated heterocycles. The van der Waals surface area contributed by atoms with Crippen LogP contribution in [-0.2, 0) is 4.74 Å². The summed E-state index contributed by atoms with van der Waals surface area (Å²) < 4.78 is 5.85. The van der Waals surface area contributed by atoms with Gasteiger partial charge in [0.2, 0.25) is 0 Å². The first-order valence-corrected chi connectivity index (χ1v) is 6.82. The Bertz CT molecular complexity index is 405. The number of halogens is 2. The molecule has 1 rings (SSSR count). The van der Waals surface area contributed by atoms with Gasteiger partial charge in [-0.05, 0) is 30.7 Å². The number of rotatable bonds is 5. The van der Waals surface area contributed by atoms with Crippen LogP contribution < -0.4 is 0 Å². The number of methoxy groups -OCH3 is 1. The summed E-state index contributed by atoms with van der Waals surface area (Å²) in [5.74, 6) is -0.0406. The van der Waals surface area contributed by atoms with Gasteiger partial charge in [-0.1, -0.05) is 15.9 Å². The summed E-state index contributed by atoms with van der Waals surface area (Å²) in [4.78, 5) is 13.8. The van der Waals surface area contributed by atoms with E-state index < -0.39 is 0 Å². The highest BCUT2D eigenvalue weighted by molar-refractivity contribution is 9.10. The monoisotopic (exact) mass is 333 g/mol. The molecule has 0 spiro atoms. The number of alkyl halides is 1. The molecule has 1 aromatic rings. The molecule has 3 nitrogen and oxygen atoms in total. The third-order valence-electron chi connectivity index (χ3n) is 2.46. The fraction of sp³-hybridized carbons (Fsp3) is 0.462. The van der Waals surface area contributed by atoms with Crippen molar-refractivity contribution in [3.05, 3.63) is 33.8 Å². The zero-order valence-corrected chi connectivity index (χ0v) is 13.1. The zero-order chi connectivity index (χ0) is 13.7. The van der Waals surface area contributed by atoms with Crippen LogP contribution in [0.4, 0.5) is 0 Å². The van der Waals surface area contributed by atoms with Gasteiger partial charge >= 0.3 is 0 Å². The summed E-state index contributed by atoms with van der Waals surface area (Å²) in [5, 5.41) is -0.197. The number of nitrogens with zero attached hydrogens (tertiary/aromatic N) is 1. The molecule has 0 fully saturated rings. The average molecular weight is 335 g/mol. The number of ether oxygens (including phenoxy) is 1. The molecule has 0 bridgehead atoms. The molecule has 0 aliphatic rings. The summed E-state index contributed by atoms with van der Waals surface area (Å²) in [6.07, 6.45) is 0. The summed E-state index contributed by atoms with van der Waals surface area (Å²) >= 11 is 9.43. The van der Waals surface area contributed by atoms with Crippen LogP contribution >= 0.6 is 27.5 Å². The minimum Gasteiger partial charge on any atom is -0.383 e. The van der Waals surface area contributed by atoms with E-state index in [4.69, 9.17) is 16.3 Å². The van der Waals surface area contributed by atoms with E-state index in [0.29, 0.717) is 18.7 Å². The number of amides is 1. The van der Waals surface area contributed by atoms with Crippen molar-refractivity contribution < 1.29 is 9.53 Å². The van der Waals surface area contributed by atoms with Crippen molar-refractivity contribution in [1.82, 2.24) is 4.90 Å². The van der Waals surface area contributed by atoms with E-state index in [1.54, 1.807) is 19.1 Å². The Morgan fingerprint density at radius 3 is 2.72 bits per heavy atom. The molecule has 0 aliphatic heterocycles. The second-order valence-corrected chi connectivity index (χ2v) is 5.79. The van der Waals surface area contributed by atoms with Gasteiger partial charge in [0, 0.05) is 30.7 Å². The third-order valence-corrected chi connectivity index (χ3v) is 3.18. The third kappa shape index (κ3) is 4.59. The highest BCUT2D eigenvalue weighted by Crippen LogP contribution is 2.16. The van der Waals surface area contributed by atoms with E-state index in [0.717, 1.165) is 10.0 Å². The van der Waals surface area contributed by atoms with E-state index in [-0.39, 0.29) is 11.3 Å². The Hall–Kier alpha value is -0.580. The normalized spacial score (nSPS) is 12.3. The smallest absolute Gasteiger partial charge is 0.253 e. The molecule has 5 heteroatoms. The number of hydrogen-bond acceptors (Lipinski definition) is 2. The average Bonchev–Trinajstić information content (AvgIpc) is 2.26. The molecule has 0 heterocycles. The molecule has 1 atom stereocenters. The molecule has 1 unspecified atom stereocenters. The Balaban J connectivity index is 2.74. The molecule has 0 N–H and O–H groups in total. The number of benzene rings is 1. The van der Waals surface area contributed by atoms with Gasteiger partial charge in [-0.25, -0.2) is 0 Å². The van der Waals surface area contributed by atoms with Crippen molar-refractivity contribution in [1.29, 1.82) is 0 Å². The van der Waals surface area contributed by atoms with Crippen LogP contribution in [0.2, 0.25) is 0 Å². The van der Waals surface area contributed by atoms with Crippen molar-refractivity contribution in [2.75, 3.05) is 27.3 Å². The van der Waals surface area contributed by atoms with Crippen LogP contribution in [0.3, 0.4) is 0 Å². The lowest BCUT2D eigenvalue weighted by Gasteiger charge is -2.20. The van der Waals surface area contributed by atoms with Gasteiger partial charge in [0.05, 0.1) is 12.0 Å². The fourth-order valence-electron chi connectivity index (χ4n) is 1.69. The summed E-state index contributed by atoms with van der Waals surface area (Å²) in [5.41, 5.74) is 1.70. The maximum absolute atomic E-state index is 12.2. The lowest BCUT2D eigenvalue weighted by Crippen LogP contribution is -2.34. The van der Waals surface area contributed by atoms with Gasteiger partial charge in [0.1, 0.15) is 0 Å². The Morgan fingerprint density at radius 1 is 1.50 bits per heavy atom. The number of hydrogen-bond donors (Lipinski definition) is 0. The van der Waals surface area contributed by atoms with E-state index in [9.17, 15) is 4.79 Å². The molecule has 1 aromatic carbocycles. The van der Waals surface area contributed by atoms with E-state index in [1.807, 2.05) is 25.1 Å². The van der Waals surface area contributed by atoms with Gasteiger partial charge in [0.25, 0.3) is 5.91 Å². The first-order chi connectivity index (χ1) is 8.43. The SMILES string of the molecule is COCC(Cl)CN(C)C(=O)c1cc(C)cc(Br)c1. The number of carbonyl (C=O) groups is 1. The number of carbonyl (C=O) groups excluding carboxylic acids is 1. The van der Waals surface area contributed by atoms with E-state index >= 15 is 0 Å². The highest BCUT2D eigenvalue weighted by atomic mass is 79.9. The van der Waals surface area contributed by atoms with Crippen LogP contribution in [-0.4, -0.2) is 43.5 Å².